The average Bonchev–Trinajstić information content (AvgIpc) is 3.13. The predicted molar refractivity (Wildman–Crippen MR) is 123 cm³/mol. The third-order valence-corrected chi connectivity index (χ3v) is 6.28. The molecule has 1 aliphatic heterocycles. The SMILES string of the molecule is COC(=O)[C@@H]1C[C@@H](OC(C)(C)CCO)CN1C(=O)[C@@H](NC(=O)OC(C)(C)C)C1CCCCC1. The van der Waals surface area contributed by atoms with Crippen LogP contribution in [0.3, 0.4) is 0 Å². The second-order valence-corrected chi connectivity index (χ2v) is 10.8. The molecule has 0 aromatic heterocycles. The van der Waals surface area contributed by atoms with Gasteiger partial charge in [0.15, 0.2) is 0 Å². The molecular formula is C24H42N2O7. The number of hydrogen-bond donors (Lipinski definition) is 2. The van der Waals surface area contributed by atoms with E-state index in [9.17, 15) is 19.5 Å². The second kappa shape index (κ2) is 11.5. The van der Waals surface area contributed by atoms with E-state index in [1.165, 1.54) is 12.0 Å². The molecular weight excluding hydrogens is 428 g/mol. The lowest BCUT2D eigenvalue weighted by Crippen LogP contribution is -2.55. The molecule has 2 amide bonds. The predicted octanol–water partition coefficient (Wildman–Crippen LogP) is 2.78. The first-order valence-electron chi connectivity index (χ1n) is 12.0. The van der Waals surface area contributed by atoms with Crippen LogP contribution in [-0.4, -0.2) is 77.6 Å². The van der Waals surface area contributed by atoms with Crippen molar-refractivity contribution in [3.63, 3.8) is 0 Å². The molecule has 0 aromatic rings. The number of aliphatic hydroxyl groups excluding tert-OH is 1. The molecule has 2 N–H and O–H groups in total. The van der Waals surface area contributed by atoms with Gasteiger partial charge in [-0.15, -0.1) is 0 Å². The summed E-state index contributed by atoms with van der Waals surface area (Å²) < 4.78 is 16.5. The number of methoxy groups -OCH3 is 1. The molecule has 1 saturated carbocycles. The molecule has 0 radical (unpaired) electrons. The van der Waals surface area contributed by atoms with Crippen LogP contribution >= 0.6 is 0 Å². The molecule has 190 valence electrons. The number of carbonyl (C=O) groups excluding carboxylic acids is 3. The number of alkyl carbamates (subject to hydrolysis) is 1. The third-order valence-electron chi connectivity index (χ3n) is 6.28. The molecule has 3 atom stereocenters. The number of nitrogens with zero attached hydrogens (tertiary/aromatic N) is 1. The Balaban J connectivity index is 2.24. The molecule has 1 saturated heterocycles. The smallest absolute Gasteiger partial charge is 0.408 e. The summed E-state index contributed by atoms with van der Waals surface area (Å²) in [6.07, 6.45) is 4.46. The molecule has 9 heteroatoms. The monoisotopic (exact) mass is 470 g/mol. The Hall–Kier alpha value is -1.87. The van der Waals surface area contributed by atoms with E-state index in [-0.39, 0.29) is 31.1 Å². The van der Waals surface area contributed by atoms with E-state index in [0.29, 0.717) is 12.8 Å². The van der Waals surface area contributed by atoms with Gasteiger partial charge in [-0.3, -0.25) is 4.79 Å². The van der Waals surface area contributed by atoms with Gasteiger partial charge in [0.25, 0.3) is 0 Å². The summed E-state index contributed by atoms with van der Waals surface area (Å²) in [6.45, 7) is 9.25. The number of nitrogens with one attached hydrogen (secondary N) is 1. The average molecular weight is 471 g/mol. The molecule has 0 spiro atoms. The highest BCUT2D eigenvalue weighted by Crippen LogP contribution is 2.31. The van der Waals surface area contributed by atoms with E-state index in [4.69, 9.17) is 14.2 Å². The Morgan fingerprint density at radius 2 is 1.73 bits per heavy atom. The number of esters is 1. The lowest BCUT2D eigenvalue weighted by atomic mass is 9.83. The lowest BCUT2D eigenvalue weighted by Gasteiger charge is -2.34. The van der Waals surface area contributed by atoms with Gasteiger partial charge in [-0.1, -0.05) is 19.3 Å². The number of carbonyl (C=O) groups is 3. The Kier molecular flexibility index (Phi) is 9.55. The molecule has 0 unspecified atom stereocenters. The summed E-state index contributed by atoms with van der Waals surface area (Å²) >= 11 is 0. The van der Waals surface area contributed by atoms with E-state index in [2.05, 4.69) is 5.32 Å². The first-order chi connectivity index (χ1) is 15.4. The lowest BCUT2D eigenvalue weighted by molar-refractivity contribution is -0.152. The van der Waals surface area contributed by atoms with Gasteiger partial charge in [-0.25, -0.2) is 9.59 Å². The zero-order valence-electron chi connectivity index (χ0n) is 21.0. The largest absolute Gasteiger partial charge is 0.467 e. The summed E-state index contributed by atoms with van der Waals surface area (Å²) in [6, 6.07) is -1.57. The number of ether oxygens (including phenoxy) is 3. The van der Waals surface area contributed by atoms with Crippen molar-refractivity contribution < 1.29 is 33.7 Å². The van der Waals surface area contributed by atoms with Crippen molar-refractivity contribution in [3.8, 4) is 0 Å². The van der Waals surface area contributed by atoms with Crippen molar-refractivity contribution >= 4 is 18.0 Å². The number of aliphatic hydroxyl groups is 1. The number of hydrogen-bond acceptors (Lipinski definition) is 7. The van der Waals surface area contributed by atoms with Crippen molar-refractivity contribution in [3.05, 3.63) is 0 Å². The minimum atomic E-state index is -0.788. The van der Waals surface area contributed by atoms with Gasteiger partial charge < -0.3 is 29.5 Å². The van der Waals surface area contributed by atoms with Crippen LogP contribution in [0.1, 0.15) is 79.6 Å². The third kappa shape index (κ3) is 8.14. The van der Waals surface area contributed by atoms with E-state index in [1.54, 1.807) is 20.8 Å². The van der Waals surface area contributed by atoms with Crippen molar-refractivity contribution in [2.24, 2.45) is 5.92 Å². The summed E-state index contributed by atoms with van der Waals surface area (Å²) in [5, 5.41) is 12.1. The fourth-order valence-corrected chi connectivity index (χ4v) is 4.73. The standard InChI is InChI=1S/C24H42N2O7/c1-23(2,3)33-22(30)25-19(16-10-8-7-9-11-16)20(28)26-15-17(14-18(26)21(29)31-6)32-24(4,5)12-13-27/h16-19,27H,7-15H2,1-6H3,(H,25,30)/t17-,18+,19+/m1/s1. The number of rotatable bonds is 8. The topological polar surface area (TPSA) is 114 Å². The highest BCUT2D eigenvalue weighted by molar-refractivity contribution is 5.90. The second-order valence-electron chi connectivity index (χ2n) is 10.8. The zero-order chi connectivity index (χ0) is 24.8. The molecule has 2 aliphatic rings. The van der Waals surface area contributed by atoms with Gasteiger partial charge in [0.2, 0.25) is 5.91 Å². The summed E-state index contributed by atoms with van der Waals surface area (Å²) in [5.41, 5.74) is -1.29. The van der Waals surface area contributed by atoms with Crippen LogP contribution in [0.2, 0.25) is 0 Å². The van der Waals surface area contributed by atoms with Crippen LogP contribution in [0.4, 0.5) is 4.79 Å². The quantitative estimate of drug-likeness (QED) is 0.524. The molecule has 9 nitrogen and oxygen atoms in total. The first-order valence-corrected chi connectivity index (χ1v) is 12.0. The summed E-state index contributed by atoms with van der Waals surface area (Å²) in [7, 11) is 1.30. The number of amides is 2. The van der Waals surface area contributed by atoms with Crippen LogP contribution in [0.15, 0.2) is 0 Å². The minimum Gasteiger partial charge on any atom is -0.467 e. The molecule has 0 aromatic carbocycles. The van der Waals surface area contributed by atoms with Crippen LogP contribution in [-0.2, 0) is 23.8 Å². The van der Waals surface area contributed by atoms with Gasteiger partial charge in [-0.2, -0.15) is 0 Å². The van der Waals surface area contributed by atoms with Gasteiger partial charge in [-0.05, 0) is 59.8 Å². The molecule has 2 rings (SSSR count). The Morgan fingerprint density at radius 3 is 2.27 bits per heavy atom. The maximum Gasteiger partial charge on any atom is 0.408 e. The van der Waals surface area contributed by atoms with Crippen LogP contribution in [0, 0.1) is 5.92 Å². The molecule has 33 heavy (non-hydrogen) atoms. The van der Waals surface area contributed by atoms with Crippen LogP contribution < -0.4 is 5.32 Å². The molecule has 1 heterocycles. The molecule has 2 fully saturated rings. The highest BCUT2D eigenvalue weighted by atomic mass is 16.6. The van der Waals surface area contributed by atoms with Gasteiger partial charge in [0, 0.05) is 19.6 Å². The Bertz CT molecular complexity index is 683. The maximum atomic E-state index is 13.8. The normalized spacial score (nSPS) is 23.2. The Labute approximate surface area is 197 Å². The maximum absolute atomic E-state index is 13.8. The van der Waals surface area contributed by atoms with E-state index >= 15 is 0 Å². The summed E-state index contributed by atoms with van der Waals surface area (Å²) in [4.78, 5) is 40.4. The Morgan fingerprint density at radius 1 is 1.09 bits per heavy atom. The van der Waals surface area contributed by atoms with Crippen molar-refractivity contribution in [2.75, 3.05) is 20.3 Å². The van der Waals surface area contributed by atoms with Crippen molar-refractivity contribution in [2.45, 2.75) is 109 Å². The fourth-order valence-electron chi connectivity index (χ4n) is 4.73. The van der Waals surface area contributed by atoms with Crippen LogP contribution in [0.25, 0.3) is 0 Å². The van der Waals surface area contributed by atoms with E-state index in [1.807, 2.05) is 13.8 Å². The molecule has 1 aliphatic carbocycles. The zero-order valence-corrected chi connectivity index (χ0v) is 21.0. The van der Waals surface area contributed by atoms with Gasteiger partial charge in [0.1, 0.15) is 17.7 Å². The van der Waals surface area contributed by atoms with E-state index < -0.39 is 35.3 Å². The minimum absolute atomic E-state index is 0.0215. The van der Waals surface area contributed by atoms with Gasteiger partial charge in [0.05, 0.1) is 18.8 Å². The van der Waals surface area contributed by atoms with Gasteiger partial charge >= 0.3 is 12.1 Å². The van der Waals surface area contributed by atoms with E-state index in [0.717, 1.165) is 32.1 Å². The highest BCUT2D eigenvalue weighted by Gasteiger charge is 2.46. The van der Waals surface area contributed by atoms with Crippen molar-refractivity contribution in [1.82, 2.24) is 10.2 Å². The molecule has 0 bridgehead atoms. The van der Waals surface area contributed by atoms with Crippen LogP contribution in [0.5, 0.6) is 0 Å². The fraction of sp³-hybridized carbons (Fsp3) is 0.875. The van der Waals surface area contributed by atoms with Crippen molar-refractivity contribution in [1.29, 1.82) is 0 Å². The first kappa shape index (κ1) is 27.4. The number of likely N-dealkylation sites (tertiary alicyclic amines) is 1. The summed E-state index contributed by atoms with van der Waals surface area (Å²) in [5.74, 6) is -0.842.